The number of esters is 1. The molecule has 24 heavy (non-hydrogen) atoms. The van der Waals surface area contributed by atoms with Gasteiger partial charge in [-0.1, -0.05) is 43.3 Å². The van der Waals surface area contributed by atoms with Crippen LogP contribution in [0.5, 0.6) is 0 Å². The largest absolute Gasteiger partial charge is 0.465 e. The van der Waals surface area contributed by atoms with E-state index in [4.69, 9.17) is 9.73 Å². The third kappa shape index (κ3) is 3.13. The summed E-state index contributed by atoms with van der Waals surface area (Å²) in [6.45, 7) is 4.23. The highest BCUT2D eigenvalue weighted by Crippen LogP contribution is 2.30. The SMILES string of the molecule is CCOC(=O)C1C=Nc2ccccc2C1=Nc1ccccc1CC. The molecule has 0 bridgehead atoms. The summed E-state index contributed by atoms with van der Waals surface area (Å²) in [4.78, 5) is 21.6. The maximum Gasteiger partial charge on any atom is 0.320 e. The molecular weight excluding hydrogens is 300 g/mol. The summed E-state index contributed by atoms with van der Waals surface area (Å²) in [5.41, 5.74) is 4.43. The number of fused-ring (bicyclic) bond motifs is 1. The number of ether oxygens (including phenoxy) is 1. The van der Waals surface area contributed by atoms with Gasteiger partial charge in [-0.3, -0.25) is 14.8 Å². The zero-order chi connectivity index (χ0) is 16.9. The summed E-state index contributed by atoms with van der Waals surface area (Å²) in [5, 5.41) is 0. The smallest absolute Gasteiger partial charge is 0.320 e. The van der Waals surface area contributed by atoms with Crippen LogP contribution in [0.1, 0.15) is 25.0 Å². The Balaban J connectivity index is 2.13. The van der Waals surface area contributed by atoms with Crippen LogP contribution in [0.25, 0.3) is 0 Å². The molecule has 2 aromatic rings. The topological polar surface area (TPSA) is 51.0 Å². The fourth-order valence-electron chi connectivity index (χ4n) is 2.78. The Morgan fingerprint density at radius 3 is 2.67 bits per heavy atom. The molecule has 0 saturated heterocycles. The number of hydrogen-bond donors (Lipinski definition) is 0. The molecule has 1 atom stereocenters. The minimum atomic E-state index is -0.579. The molecule has 0 aliphatic carbocycles. The van der Waals surface area contributed by atoms with Gasteiger partial charge in [-0.05, 0) is 31.0 Å². The predicted octanol–water partition coefficient (Wildman–Crippen LogP) is 4.27. The molecule has 2 aromatic carbocycles. The molecule has 0 fully saturated rings. The van der Waals surface area contributed by atoms with Crippen molar-refractivity contribution in [3.05, 3.63) is 59.7 Å². The van der Waals surface area contributed by atoms with Crippen LogP contribution in [0.2, 0.25) is 0 Å². The molecule has 1 unspecified atom stereocenters. The van der Waals surface area contributed by atoms with Gasteiger partial charge in [0, 0.05) is 11.8 Å². The zero-order valence-electron chi connectivity index (χ0n) is 13.9. The van der Waals surface area contributed by atoms with Gasteiger partial charge in [0.1, 0.15) is 5.92 Å². The highest BCUT2D eigenvalue weighted by atomic mass is 16.5. The van der Waals surface area contributed by atoms with E-state index in [0.29, 0.717) is 12.3 Å². The lowest BCUT2D eigenvalue weighted by Gasteiger charge is -2.20. The monoisotopic (exact) mass is 320 g/mol. The van der Waals surface area contributed by atoms with E-state index in [9.17, 15) is 4.79 Å². The number of carbonyl (C=O) groups is 1. The molecule has 4 heteroatoms. The van der Waals surface area contributed by atoms with E-state index in [2.05, 4.69) is 18.0 Å². The number of para-hydroxylation sites is 2. The van der Waals surface area contributed by atoms with Crippen molar-refractivity contribution < 1.29 is 9.53 Å². The van der Waals surface area contributed by atoms with Crippen LogP contribution in [0, 0.1) is 5.92 Å². The standard InChI is InChI=1S/C20H20N2O2/c1-3-14-9-5-7-11-17(14)22-19-15-10-6-8-12-18(15)21-13-16(19)20(23)24-4-2/h5-13,16H,3-4H2,1-2H3. The first-order chi connectivity index (χ1) is 11.7. The molecule has 4 nitrogen and oxygen atoms in total. The van der Waals surface area contributed by atoms with Crippen molar-refractivity contribution >= 4 is 29.3 Å². The molecule has 3 rings (SSSR count). The minimum Gasteiger partial charge on any atom is -0.465 e. The van der Waals surface area contributed by atoms with Crippen LogP contribution in [0.3, 0.4) is 0 Å². The summed E-state index contributed by atoms with van der Waals surface area (Å²) in [6.07, 6.45) is 2.51. The fraction of sp³-hybridized carbons (Fsp3) is 0.250. The van der Waals surface area contributed by atoms with Gasteiger partial charge in [0.2, 0.25) is 0 Å². The van der Waals surface area contributed by atoms with Crippen LogP contribution in [-0.2, 0) is 16.0 Å². The van der Waals surface area contributed by atoms with E-state index in [1.807, 2.05) is 42.5 Å². The molecule has 122 valence electrons. The predicted molar refractivity (Wildman–Crippen MR) is 96.7 cm³/mol. The summed E-state index contributed by atoms with van der Waals surface area (Å²) < 4.78 is 5.21. The van der Waals surface area contributed by atoms with Crippen LogP contribution in [-0.4, -0.2) is 24.5 Å². The maximum absolute atomic E-state index is 12.4. The molecule has 0 aromatic heterocycles. The van der Waals surface area contributed by atoms with E-state index in [-0.39, 0.29) is 5.97 Å². The Labute approximate surface area is 141 Å². The van der Waals surface area contributed by atoms with Gasteiger partial charge in [-0.25, -0.2) is 0 Å². The number of carbonyl (C=O) groups excluding carboxylic acids is 1. The molecule has 0 amide bonds. The van der Waals surface area contributed by atoms with Crippen molar-refractivity contribution in [1.82, 2.24) is 0 Å². The van der Waals surface area contributed by atoms with Crippen molar-refractivity contribution in [3.63, 3.8) is 0 Å². The molecule has 0 saturated carbocycles. The van der Waals surface area contributed by atoms with Crippen molar-refractivity contribution in [2.75, 3.05) is 6.61 Å². The van der Waals surface area contributed by atoms with Gasteiger partial charge in [-0.2, -0.15) is 0 Å². The molecule has 1 aliphatic rings. The normalized spacial score (nSPS) is 17.6. The Hall–Kier alpha value is -2.75. The van der Waals surface area contributed by atoms with Crippen LogP contribution in [0.15, 0.2) is 58.5 Å². The molecule has 1 aliphatic heterocycles. The molecule has 1 heterocycles. The van der Waals surface area contributed by atoms with E-state index < -0.39 is 5.92 Å². The lowest BCUT2D eigenvalue weighted by Crippen LogP contribution is -2.30. The third-order valence-corrected chi connectivity index (χ3v) is 3.99. The summed E-state index contributed by atoms with van der Waals surface area (Å²) in [7, 11) is 0. The first kappa shape index (κ1) is 16.1. The number of hydrogen-bond acceptors (Lipinski definition) is 4. The highest BCUT2D eigenvalue weighted by Gasteiger charge is 2.30. The summed E-state index contributed by atoms with van der Waals surface area (Å²) in [5.74, 6) is -0.895. The molecule has 0 N–H and O–H groups in total. The van der Waals surface area contributed by atoms with Gasteiger partial charge < -0.3 is 4.74 Å². The second-order valence-electron chi connectivity index (χ2n) is 5.50. The maximum atomic E-state index is 12.4. The number of rotatable bonds is 4. The number of benzene rings is 2. The van der Waals surface area contributed by atoms with Crippen LogP contribution >= 0.6 is 0 Å². The zero-order valence-corrected chi connectivity index (χ0v) is 13.9. The average molecular weight is 320 g/mol. The second-order valence-corrected chi connectivity index (χ2v) is 5.50. The molecule has 0 radical (unpaired) electrons. The van der Waals surface area contributed by atoms with Crippen molar-refractivity contribution in [3.8, 4) is 0 Å². The first-order valence-corrected chi connectivity index (χ1v) is 8.21. The number of aliphatic imine (C=N–C) groups is 2. The lowest BCUT2D eigenvalue weighted by molar-refractivity contribution is -0.143. The Morgan fingerprint density at radius 2 is 1.88 bits per heavy atom. The highest BCUT2D eigenvalue weighted by molar-refractivity contribution is 6.25. The van der Waals surface area contributed by atoms with Gasteiger partial charge in [0.15, 0.2) is 0 Å². The van der Waals surface area contributed by atoms with E-state index in [1.165, 1.54) is 0 Å². The van der Waals surface area contributed by atoms with Crippen LogP contribution in [0.4, 0.5) is 11.4 Å². The van der Waals surface area contributed by atoms with Gasteiger partial charge in [0.05, 0.1) is 23.7 Å². The quantitative estimate of drug-likeness (QED) is 0.790. The van der Waals surface area contributed by atoms with Gasteiger partial charge in [-0.15, -0.1) is 0 Å². The molecular formula is C20H20N2O2. The van der Waals surface area contributed by atoms with Crippen LogP contribution < -0.4 is 0 Å². The molecule has 0 spiro atoms. The fourth-order valence-corrected chi connectivity index (χ4v) is 2.78. The van der Waals surface area contributed by atoms with E-state index in [0.717, 1.165) is 28.9 Å². The van der Waals surface area contributed by atoms with Gasteiger partial charge >= 0.3 is 5.97 Å². The Kier molecular flexibility index (Phi) is 4.85. The first-order valence-electron chi connectivity index (χ1n) is 8.21. The minimum absolute atomic E-state index is 0.316. The van der Waals surface area contributed by atoms with Gasteiger partial charge in [0.25, 0.3) is 0 Å². The summed E-state index contributed by atoms with van der Waals surface area (Å²) >= 11 is 0. The summed E-state index contributed by atoms with van der Waals surface area (Å²) in [6, 6.07) is 15.7. The van der Waals surface area contributed by atoms with Crippen molar-refractivity contribution in [2.24, 2.45) is 15.9 Å². The lowest BCUT2D eigenvalue weighted by atomic mass is 9.93. The van der Waals surface area contributed by atoms with Crippen molar-refractivity contribution in [2.45, 2.75) is 20.3 Å². The van der Waals surface area contributed by atoms with E-state index >= 15 is 0 Å². The third-order valence-electron chi connectivity index (χ3n) is 3.99. The average Bonchev–Trinajstić information content (AvgIpc) is 2.62. The number of nitrogens with zero attached hydrogens (tertiary/aromatic N) is 2. The number of aryl methyl sites for hydroxylation is 1. The Morgan fingerprint density at radius 1 is 1.12 bits per heavy atom. The van der Waals surface area contributed by atoms with E-state index in [1.54, 1.807) is 13.1 Å². The van der Waals surface area contributed by atoms with Crippen molar-refractivity contribution in [1.29, 1.82) is 0 Å². The Bertz CT molecular complexity index is 809. The second kappa shape index (κ2) is 7.21.